The first-order valence-corrected chi connectivity index (χ1v) is 9.64. The summed E-state index contributed by atoms with van der Waals surface area (Å²) in [6.45, 7) is 12.0. The molecule has 0 aliphatic heterocycles. The van der Waals surface area contributed by atoms with Crippen molar-refractivity contribution in [3.8, 4) is 0 Å². The van der Waals surface area contributed by atoms with Crippen LogP contribution in [0.3, 0.4) is 0 Å². The first-order valence-electron chi connectivity index (χ1n) is 9.64. The van der Waals surface area contributed by atoms with Crippen molar-refractivity contribution in [1.82, 2.24) is 0 Å². The van der Waals surface area contributed by atoms with Gasteiger partial charge in [0.05, 0.1) is 30.9 Å². The fraction of sp³-hybridized carbons (Fsp3) is 0.500. The lowest BCUT2D eigenvalue weighted by Crippen LogP contribution is -2.14. The summed E-state index contributed by atoms with van der Waals surface area (Å²) in [7, 11) is 0. The van der Waals surface area contributed by atoms with Crippen LogP contribution in [-0.2, 0) is 19.0 Å². The van der Waals surface area contributed by atoms with Gasteiger partial charge in [0.25, 0.3) is 0 Å². The van der Waals surface area contributed by atoms with E-state index in [2.05, 4.69) is 11.3 Å². The Morgan fingerprint density at radius 2 is 1.24 bits per heavy atom. The van der Waals surface area contributed by atoms with Gasteiger partial charge in [-0.05, 0) is 38.8 Å². The van der Waals surface area contributed by atoms with E-state index in [0.717, 1.165) is 25.7 Å². The Morgan fingerprint density at radius 1 is 0.828 bits per heavy atom. The minimum absolute atomic E-state index is 0. The molecule has 0 aliphatic carbocycles. The van der Waals surface area contributed by atoms with E-state index in [9.17, 15) is 14.4 Å². The smallest absolute Gasteiger partial charge is 0.339 e. The topological polar surface area (TPSA) is 78.9 Å². The third-order valence-electron chi connectivity index (χ3n) is 3.45. The van der Waals surface area contributed by atoms with Crippen LogP contribution in [0.15, 0.2) is 36.4 Å². The summed E-state index contributed by atoms with van der Waals surface area (Å²) in [5, 5.41) is 0. The number of carbonyl (C=O) groups is 3. The molecule has 29 heavy (non-hydrogen) atoms. The number of hydrogen-bond donors (Lipinski definition) is 0. The van der Waals surface area contributed by atoms with Gasteiger partial charge in [-0.1, -0.05) is 45.4 Å². The number of ether oxygens (including phenoxy) is 3. The molecule has 1 unspecified atom stereocenters. The number of benzene rings is 1. The second-order valence-electron chi connectivity index (χ2n) is 6.03. The summed E-state index contributed by atoms with van der Waals surface area (Å²) in [4.78, 5) is 34.3. The largest absolute Gasteiger partial charge is 0.463 e. The van der Waals surface area contributed by atoms with Crippen molar-refractivity contribution in [3.63, 3.8) is 0 Å². The minimum atomic E-state index is -0.471. The Labute approximate surface area is 177 Å². The van der Waals surface area contributed by atoms with Crippen LogP contribution >= 0.6 is 9.90 Å². The lowest BCUT2D eigenvalue weighted by Gasteiger charge is -2.09. The fourth-order valence-electron chi connectivity index (χ4n) is 1.87. The van der Waals surface area contributed by atoms with E-state index in [1.807, 2.05) is 13.8 Å². The molecule has 1 rings (SSSR count). The number of unbranched alkanes of at least 4 members (excludes halogenated alkanes) is 2. The molecule has 6 nitrogen and oxygen atoms in total. The lowest BCUT2D eigenvalue weighted by atomic mass is 10.1. The van der Waals surface area contributed by atoms with Crippen molar-refractivity contribution in [3.05, 3.63) is 47.5 Å². The molecular weight excluding hydrogens is 391 g/mol. The van der Waals surface area contributed by atoms with Gasteiger partial charge >= 0.3 is 17.9 Å². The summed E-state index contributed by atoms with van der Waals surface area (Å²) < 4.78 is 14.8. The molecule has 0 heterocycles. The van der Waals surface area contributed by atoms with Gasteiger partial charge in [0, 0.05) is 5.57 Å². The Morgan fingerprint density at radius 3 is 1.52 bits per heavy atom. The van der Waals surface area contributed by atoms with Gasteiger partial charge in [0.2, 0.25) is 0 Å². The highest BCUT2D eigenvalue weighted by atomic mass is 31.0. The molecule has 0 amide bonds. The van der Waals surface area contributed by atoms with Crippen LogP contribution in [0, 0.1) is 0 Å². The first-order chi connectivity index (χ1) is 13.4. The van der Waals surface area contributed by atoms with Crippen molar-refractivity contribution in [2.45, 2.75) is 53.4 Å². The van der Waals surface area contributed by atoms with Gasteiger partial charge in [-0.2, -0.15) is 9.90 Å². The maximum Gasteiger partial charge on any atom is 0.339 e. The summed E-state index contributed by atoms with van der Waals surface area (Å²) >= 11 is 0. The van der Waals surface area contributed by atoms with Gasteiger partial charge in [-0.3, -0.25) is 0 Å². The van der Waals surface area contributed by atoms with Crippen LogP contribution in [0.2, 0.25) is 0 Å². The van der Waals surface area contributed by atoms with Crippen LogP contribution in [0.5, 0.6) is 0 Å². The van der Waals surface area contributed by atoms with Crippen molar-refractivity contribution < 1.29 is 28.6 Å². The van der Waals surface area contributed by atoms with Gasteiger partial charge in [-0.15, -0.1) is 0 Å². The third kappa shape index (κ3) is 12.8. The maximum atomic E-state index is 11.9. The quantitative estimate of drug-likeness (QED) is 0.176. The zero-order valence-electron chi connectivity index (χ0n) is 18.1. The summed E-state index contributed by atoms with van der Waals surface area (Å²) in [6.07, 6.45) is 3.53. The van der Waals surface area contributed by atoms with Crippen LogP contribution in [0.4, 0.5) is 0 Å². The second kappa shape index (κ2) is 17.9. The molecule has 0 aliphatic rings. The molecule has 0 bridgehead atoms. The molecule has 0 spiro atoms. The second-order valence-corrected chi connectivity index (χ2v) is 6.03. The zero-order valence-corrected chi connectivity index (χ0v) is 19.5. The molecule has 0 N–H and O–H groups in total. The molecule has 1 aromatic carbocycles. The van der Waals surface area contributed by atoms with E-state index < -0.39 is 11.9 Å². The molecule has 0 saturated carbocycles. The number of esters is 3. The summed E-state index contributed by atoms with van der Waals surface area (Å²) in [6, 6.07) is 6.59. The van der Waals surface area contributed by atoms with E-state index in [1.165, 1.54) is 0 Å². The molecule has 0 fully saturated rings. The molecule has 0 radical (unpaired) electrons. The molecule has 1 aromatic rings. The van der Waals surface area contributed by atoms with Crippen molar-refractivity contribution in [2.24, 2.45) is 0 Å². The molecule has 0 aromatic heterocycles. The van der Waals surface area contributed by atoms with E-state index in [1.54, 1.807) is 38.1 Å². The van der Waals surface area contributed by atoms with E-state index in [-0.39, 0.29) is 27.0 Å². The summed E-state index contributed by atoms with van der Waals surface area (Å²) in [5.74, 6) is -1.25. The average molecular weight is 426 g/mol. The van der Waals surface area contributed by atoms with Crippen LogP contribution in [0.1, 0.15) is 74.1 Å². The zero-order chi connectivity index (χ0) is 21.4. The normalized spacial score (nSPS) is 9.24. The van der Waals surface area contributed by atoms with Crippen LogP contribution in [-0.4, -0.2) is 37.7 Å². The molecule has 0 saturated heterocycles. The van der Waals surface area contributed by atoms with Gasteiger partial charge in [0.15, 0.2) is 0 Å². The molecule has 164 valence electrons. The highest BCUT2D eigenvalue weighted by molar-refractivity contribution is 6.92. The number of carbonyl (C=O) groups excluding carboxylic acids is 3. The number of rotatable bonds is 10. The third-order valence-corrected chi connectivity index (χ3v) is 3.45. The standard InChI is InChI=1S/C16H22O4.C6H10O2.H3P/c1-3-5-11-19-15(17)13-9-7-8-10-14(13)16(18)20-12-6-4-2;1-4-8-6(7)5(2)3;/h7-10H,3-6,11-12H2,1-2H3;2,4H2,1,3H3;1H3. The van der Waals surface area contributed by atoms with Crippen molar-refractivity contribution in [1.29, 1.82) is 0 Å². The first kappa shape index (κ1) is 29.0. The Balaban J connectivity index is 0. The monoisotopic (exact) mass is 426 g/mol. The predicted molar refractivity (Wildman–Crippen MR) is 119 cm³/mol. The average Bonchev–Trinajstić information content (AvgIpc) is 2.68. The van der Waals surface area contributed by atoms with Gasteiger partial charge in [-0.25, -0.2) is 14.4 Å². The van der Waals surface area contributed by atoms with E-state index >= 15 is 0 Å². The van der Waals surface area contributed by atoms with E-state index in [0.29, 0.717) is 25.4 Å². The summed E-state index contributed by atoms with van der Waals surface area (Å²) in [5.41, 5.74) is 0.988. The molecule has 7 heteroatoms. The Bertz CT molecular complexity index is 601. The van der Waals surface area contributed by atoms with Crippen molar-refractivity contribution >= 4 is 27.8 Å². The fourth-order valence-corrected chi connectivity index (χ4v) is 1.87. The molecular formula is C22H35O6P. The number of hydrogen-bond acceptors (Lipinski definition) is 6. The van der Waals surface area contributed by atoms with E-state index in [4.69, 9.17) is 9.47 Å². The lowest BCUT2D eigenvalue weighted by molar-refractivity contribution is -0.138. The maximum absolute atomic E-state index is 11.9. The minimum Gasteiger partial charge on any atom is -0.463 e. The predicted octanol–water partition coefficient (Wildman–Crippen LogP) is 4.78. The Hall–Kier alpha value is -2.20. The van der Waals surface area contributed by atoms with Crippen LogP contribution < -0.4 is 0 Å². The van der Waals surface area contributed by atoms with Gasteiger partial charge in [0.1, 0.15) is 0 Å². The van der Waals surface area contributed by atoms with Crippen LogP contribution in [0.25, 0.3) is 0 Å². The SMILES string of the molecule is C=C(C)C(=O)OCC.CCCCOC(=O)c1ccccc1C(=O)OCCCC.P. The molecule has 1 atom stereocenters. The highest BCUT2D eigenvalue weighted by Crippen LogP contribution is 2.12. The van der Waals surface area contributed by atoms with Gasteiger partial charge < -0.3 is 14.2 Å². The highest BCUT2D eigenvalue weighted by Gasteiger charge is 2.18. The Kier molecular flexibility index (Phi) is 17.9. The van der Waals surface area contributed by atoms with Crippen molar-refractivity contribution in [2.75, 3.05) is 19.8 Å².